The molecule has 0 radical (unpaired) electrons. The Labute approximate surface area is 222 Å². The molecule has 3 N–H and O–H groups in total. The zero-order valence-electron chi connectivity index (χ0n) is 20.3. The number of benzene rings is 1. The number of nitrogens with zero attached hydrogens (tertiary/aromatic N) is 2. The summed E-state index contributed by atoms with van der Waals surface area (Å²) in [4.78, 5) is 46.1. The number of ketones is 1. The summed E-state index contributed by atoms with van der Waals surface area (Å²) in [6.07, 6.45) is -5.59. The monoisotopic (exact) mass is 574 g/mol. The molecular weight excluding hydrogens is 551 g/mol. The van der Waals surface area contributed by atoms with Crippen LogP contribution in [0, 0.1) is 11.6 Å². The van der Waals surface area contributed by atoms with Gasteiger partial charge in [-0.3, -0.25) is 14.4 Å². The zero-order chi connectivity index (χ0) is 28.7. The molecule has 2 heterocycles. The highest BCUT2D eigenvalue weighted by molar-refractivity contribution is 7.11. The Morgan fingerprint density at radius 2 is 1.82 bits per heavy atom. The van der Waals surface area contributed by atoms with Gasteiger partial charge in [-0.25, -0.2) is 18.7 Å². The number of nitrogens with one attached hydrogen (secondary N) is 2. The van der Waals surface area contributed by atoms with Crippen molar-refractivity contribution in [3.8, 4) is 11.5 Å². The number of rotatable bonds is 12. The van der Waals surface area contributed by atoms with Crippen molar-refractivity contribution >= 4 is 28.9 Å². The van der Waals surface area contributed by atoms with Gasteiger partial charge in [-0.15, -0.1) is 11.3 Å². The second kappa shape index (κ2) is 12.9. The Kier molecular flexibility index (Phi) is 9.86. The molecule has 0 aliphatic rings. The largest absolute Gasteiger partial charge is 0.431 e. The van der Waals surface area contributed by atoms with E-state index in [4.69, 9.17) is 4.42 Å². The first-order chi connectivity index (χ1) is 18.3. The molecule has 3 rings (SSSR count). The maximum absolute atomic E-state index is 14.0. The van der Waals surface area contributed by atoms with Crippen LogP contribution in [-0.4, -0.2) is 57.0 Å². The summed E-state index contributed by atoms with van der Waals surface area (Å²) >= 11 is 0.887. The first kappa shape index (κ1) is 29.8. The Morgan fingerprint density at radius 3 is 2.46 bits per heavy atom. The summed E-state index contributed by atoms with van der Waals surface area (Å²) in [5.74, 6) is -5.36. The van der Waals surface area contributed by atoms with Crippen LogP contribution in [0.3, 0.4) is 0 Å². The van der Waals surface area contributed by atoms with E-state index in [0.717, 1.165) is 35.7 Å². The lowest BCUT2D eigenvalue weighted by Gasteiger charge is -2.23. The third-order valence-electron chi connectivity index (χ3n) is 5.38. The van der Waals surface area contributed by atoms with Crippen LogP contribution in [0.15, 0.2) is 40.4 Å². The van der Waals surface area contributed by atoms with Gasteiger partial charge in [-0.05, 0) is 44.4 Å². The molecule has 1 aromatic carbocycles. The summed E-state index contributed by atoms with van der Waals surface area (Å²) in [6, 6.07) is -0.481. The van der Waals surface area contributed by atoms with Crippen LogP contribution in [-0.2, 0) is 4.79 Å². The predicted octanol–water partition coefficient (Wildman–Crippen LogP) is 4.05. The van der Waals surface area contributed by atoms with Crippen molar-refractivity contribution in [2.75, 3.05) is 0 Å². The van der Waals surface area contributed by atoms with Crippen LogP contribution < -0.4 is 10.6 Å². The van der Waals surface area contributed by atoms with Gasteiger partial charge >= 0.3 is 6.18 Å². The fourth-order valence-electron chi connectivity index (χ4n) is 3.41. The van der Waals surface area contributed by atoms with Gasteiger partial charge in [0.1, 0.15) is 17.7 Å². The van der Waals surface area contributed by atoms with Gasteiger partial charge in [0, 0.05) is 18.0 Å². The molecule has 0 fully saturated rings. The molecule has 0 aliphatic heterocycles. The SMILES string of the molecule is CC(O)CC[C@H](NC(=O)c1cnc(-c2cc(F)ccc2F)o1)C(=O)N[C@@H](CCC(F)(F)F)C(=O)c1nccs1. The summed E-state index contributed by atoms with van der Waals surface area (Å²) in [5.41, 5.74) is -0.356. The molecule has 210 valence electrons. The molecular formula is C24H23F5N4O5S. The number of aliphatic hydroxyl groups is 1. The summed E-state index contributed by atoms with van der Waals surface area (Å²) in [6.45, 7) is 1.42. The van der Waals surface area contributed by atoms with Crippen LogP contribution in [0.2, 0.25) is 0 Å². The van der Waals surface area contributed by atoms with E-state index >= 15 is 0 Å². The maximum atomic E-state index is 14.0. The number of carbonyl (C=O) groups is 3. The Morgan fingerprint density at radius 1 is 1.08 bits per heavy atom. The van der Waals surface area contributed by atoms with Gasteiger partial charge in [0.15, 0.2) is 5.01 Å². The van der Waals surface area contributed by atoms with Gasteiger partial charge in [-0.1, -0.05) is 0 Å². The van der Waals surface area contributed by atoms with Crippen molar-refractivity contribution in [3.05, 3.63) is 58.4 Å². The molecule has 2 aromatic heterocycles. The molecule has 9 nitrogen and oxygen atoms in total. The standard InChI is InChI=1S/C24H23F5N4O5S/c1-12(34)2-5-17(20(36)32-16(6-7-24(27,28)29)19(35)23-30-8-9-39-23)33-21(37)18-11-31-22(38-18)14-10-13(25)3-4-15(14)26/h3-4,8-12,16-17,34H,2,5-7H2,1H3,(H,32,36)(H,33,37)/t12?,16-,17-/m0/s1. The normalized spacial score (nSPS) is 13.9. The molecule has 3 aromatic rings. The number of hydrogen-bond acceptors (Lipinski definition) is 8. The predicted molar refractivity (Wildman–Crippen MR) is 128 cm³/mol. The molecule has 0 spiro atoms. The summed E-state index contributed by atoms with van der Waals surface area (Å²) < 4.78 is 71.4. The zero-order valence-corrected chi connectivity index (χ0v) is 21.1. The van der Waals surface area contributed by atoms with Gasteiger partial charge in [-0.2, -0.15) is 13.2 Å². The van der Waals surface area contributed by atoms with E-state index in [-0.39, 0.29) is 23.4 Å². The van der Waals surface area contributed by atoms with Crippen LogP contribution in [0.4, 0.5) is 22.0 Å². The van der Waals surface area contributed by atoms with E-state index in [1.807, 2.05) is 0 Å². The van der Waals surface area contributed by atoms with Crippen molar-refractivity contribution < 1.29 is 45.9 Å². The third kappa shape index (κ3) is 8.64. The second-order valence-electron chi connectivity index (χ2n) is 8.52. The van der Waals surface area contributed by atoms with Crippen LogP contribution in [0.5, 0.6) is 0 Å². The molecule has 0 saturated carbocycles. The number of oxazole rings is 1. The average molecular weight is 575 g/mol. The molecule has 0 aliphatic carbocycles. The second-order valence-corrected chi connectivity index (χ2v) is 9.42. The number of aromatic nitrogens is 2. The number of halogens is 5. The smallest absolute Gasteiger partial charge is 0.389 e. The van der Waals surface area contributed by atoms with Crippen LogP contribution >= 0.6 is 11.3 Å². The molecule has 1 unspecified atom stereocenters. The van der Waals surface area contributed by atoms with Crippen molar-refractivity contribution in [2.45, 2.75) is 57.0 Å². The lowest BCUT2D eigenvalue weighted by molar-refractivity contribution is -0.137. The number of carbonyl (C=O) groups excluding carboxylic acids is 3. The molecule has 15 heteroatoms. The molecule has 0 saturated heterocycles. The molecule has 2 amide bonds. The van der Waals surface area contributed by atoms with Crippen molar-refractivity contribution in [3.63, 3.8) is 0 Å². The lowest BCUT2D eigenvalue weighted by atomic mass is 10.0. The highest BCUT2D eigenvalue weighted by Crippen LogP contribution is 2.25. The number of thiazole rings is 1. The van der Waals surface area contributed by atoms with E-state index in [0.29, 0.717) is 0 Å². The van der Waals surface area contributed by atoms with Crippen molar-refractivity contribution in [1.82, 2.24) is 20.6 Å². The fourth-order valence-corrected chi connectivity index (χ4v) is 4.05. The van der Waals surface area contributed by atoms with E-state index < -0.39 is 78.1 Å². The van der Waals surface area contributed by atoms with Gasteiger partial charge in [0.2, 0.25) is 23.3 Å². The van der Waals surface area contributed by atoms with Gasteiger partial charge < -0.3 is 20.2 Å². The van der Waals surface area contributed by atoms with Crippen molar-refractivity contribution in [1.29, 1.82) is 0 Å². The topological polar surface area (TPSA) is 134 Å². The molecule has 0 bridgehead atoms. The van der Waals surface area contributed by atoms with E-state index in [1.54, 1.807) is 0 Å². The third-order valence-corrected chi connectivity index (χ3v) is 6.16. The first-order valence-corrected chi connectivity index (χ1v) is 12.4. The van der Waals surface area contributed by atoms with E-state index in [2.05, 4.69) is 20.6 Å². The molecule has 39 heavy (non-hydrogen) atoms. The minimum Gasteiger partial charge on any atom is -0.431 e. The highest BCUT2D eigenvalue weighted by Gasteiger charge is 2.34. The Bertz CT molecular complexity index is 1300. The quantitative estimate of drug-likeness (QED) is 0.220. The summed E-state index contributed by atoms with van der Waals surface area (Å²) in [7, 11) is 0. The summed E-state index contributed by atoms with van der Waals surface area (Å²) in [5, 5.41) is 15.6. The number of amides is 2. The van der Waals surface area contributed by atoms with Crippen LogP contribution in [0.25, 0.3) is 11.5 Å². The number of Topliss-reactive ketones (excluding diaryl/α,β-unsaturated/α-hetero) is 1. The average Bonchev–Trinajstić information content (AvgIpc) is 3.57. The molecule has 3 atom stereocenters. The maximum Gasteiger partial charge on any atom is 0.389 e. The van der Waals surface area contributed by atoms with Gasteiger partial charge in [0.05, 0.1) is 23.9 Å². The first-order valence-electron chi connectivity index (χ1n) is 11.5. The highest BCUT2D eigenvalue weighted by atomic mass is 32.1. The number of aliphatic hydroxyl groups excluding tert-OH is 1. The number of alkyl halides is 3. The minimum absolute atomic E-state index is 0.00215. The Balaban J connectivity index is 1.78. The lowest BCUT2D eigenvalue weighted by Crippen LogP contribution is -2.52. The van der Waals surface area contributed by atoms with E-state index in [9.17, 15) is 41.4 Å². The van der Waals surface area contributed by atoms with Gasteiger partial charge in [0.25, 0.3) is 5.91 Å². The fraction of sp³-hybridized carbons (Fsp3) is 0.375. The van der Waals surface area contributed by atoms with Crippen molar-refractivity contribution in [2.24, 2.45) is 0 Å². The Hall–Kier alpha value is -3.72. The van der Waals surface area contributed by atoms with Crippen LogP contribution in [0.1, 0.15) is 53.0 Å². The number of hydrogen-bond donors (Lipinski definition) is 3. The minimum atomic E-state index is -4.60. The van der Waals surface area contributed by atoms with E-state index in [1.165, 1.54) is 18.5 Å².